The molecular formula is C13H13NO3. The number of aromatic hydroxyl groups is 1. The first kappa shape index (κ1) is 11.4. The van der Waals surface area contributed by atoms with Gasteiger partial charge in [0.15, 0.2) is 0 Å². The van der Waals surface area contributed by atoms with Gasteiger partial charge in [-0.2, -0.15) is 0 Å². The summed E-state index contributed by atoms with van der Waals surface area (Å²) in [5.41, 5.74) is 0.619. The molecule has 17 heavy (non-hydrogen) atoms. The van der Waals surface area contributed by atoms with Gasteiger partial charge in [-0.25, -0.2) is 0 Å². The molecule has 2 N–H and O–H groups in total. The number of phenolic OH excluding ortho intramolecular Hbond substituents is 1. The normalized spacial score (nSPS) is 12.1. The topological polar surface area (TPSA) is 62.6 Å². The summed E-state index contributed by atoms with van der Waals surface area (Å²) in [6.07, 6.45) is 2.45. The van der Waals surface area contributed by atoms with E-state index in [0.717, 1.165) is 0 Å². The first-order valence-electron chi connectivity index (χ1n) is 5.25. The van der Waals surface area contributed by atoms with E-state index >= 15 is 0 Å². The highest BCUT2D eigenvalue weighted by Gasteiger charge is 2.08. The monoisotopic (exact) mass is 231 g/mol. The Labute approximate surface area is 99.1 Å². The average Bonchev–Trinajstić information content (AvgIpc) is 2.37. The molecule has 1 aromatic heterocycles. The molecule has 2 rings (SSSR count). The summed E-state index contributed by atoms with van der Waals surface area (Å²) in [6, 6.07) is 10.0. The largest absolute Gasteiger partial charge is 0.508 e. The van der Waals surface area contributed by atoms with Crippen LogP contribution in [0.4, 0.5) is 0 Å². The highest BCUT2D eigenvalue weighted by atomic mass is 16.5. The Kier molecular flexibility index (Phi) is 3.57. The lowest BCUT2D eigenvalue weighted by Crippen LogP contribution is -2.09. The fourth-order valence-corrected chi connectivity index (χ4v) is 1.44. The molecule has 0 aliphatic rings. The van der Waals surface area contributed by atoms with Crippen LogP contribution in [0.2, 0.25) is 0 Å². The van der Waals surface area contributed by atoms with Gasteiger partial charge in [0, 0.05) is 6.20 Å². The van der Waals surface area contributed by atoms with Crippen LogP contribution in [0, 0.1) is 0 Å². The Morgan fingerprint density at radius 2 is 2.12 bits per heavy atom. The Morgan fingerprint density at radius 1 is 1.24 bits per heavy atom. The van der Waals surface area contributed by atoms with Gasteiger partial charge in [0.25, 0.3) is 0 Å². The number of aliphatic hydroxyl groups excluding tert-OH is 1. The number of pyridine rings is 1. The third-order valence-corrected chi connectivity index (χ3v) is 2.30. The van der Waals surface area contributed by atoms with E-state index in [2.05, 4.69) is 4.98 Å². The molecule has 4 nitrogen and oxygen atoms in total. The van der Waals surface area contributed by atoms with Crippen molar-refractivity contribution < 1.29 is 14.9 Å². The predicted molar refractivity (Wildman–Crippen MR) is 62.8 cm³/mol. The van der Waals surface area contributed by atoms with Crippen LogP contribution < -0.4 is 4.74 Å². The quantitative estimate of drug-likeness (QED) is 0.843. The molecule has 88 valence electrons. The molecule has 1 aromatic carbocycles. The molecule has 2 aromatic rings. The van der Waals surface area contributed by atoms with E-state index in [1.54, 1.807) is 42.7 Å². The Balaban J connectivity index is 1.96. The molecule has 1 heterocycles. The summed E-state index contributed by atoms with van der Waals surface area (Å²) in [5.74, 6) is 0.731. The average molecular weight is 231 g/mol. The van der Waals surface area contributed by atoms with Crippen molar-refractivity contribution >= 4 is 0 Å². The predicted octanol–water partition coefficient (Wildman–Crippen LogP) is 1.90. The van der Waals surface area contributed by atoms with Crippen molar-refractivity contribution in [1.29, 1.82) is 0 Å². The lowest BCUT2D eigenvalue weighted by atomic mass is 10.1. The molecule has 0 radical (unpaired) electrons. The number of rotatable bonds is 4. The van der Waals surface area contributed by atoms with Crippen LogP contribution in [0.15, 0.2) is 48.8 Å². The smallest absolute Gasteiger partial charge is 0.137 e. The lowest BCUT2D eigenvalue weighted by Gasteiger charge is -2.12. The van der Waals surface area contributed by atoms with Crippen molar-refractivity contribution in [2.45, 2.75) is 6.10 Å². The van der Waals surface area contributed by atoms with E-state index < -0.39 is 6.10 Å². The summed E-state index contributed by atoms with van der Waals surface area (Å²) < 4.78 is 5.37. The van der Waals surface area contributed by atoms with E-state index in [1.165, 1.54) is 6.07 Å². The summed E-state index contributed by atoms with van der Waals surface area (Å²) in [6.45, 7) is 0.120. The molecule has 0 fully saturated rings. The number of aromatic nitrogens is 1. The fourth-order valence-electron chi connectivity index (χ4n) is 1.44. The molecule has 0 aliphatic heterocycles. The first-order valence-corrected chi connectivity index (χ1v) is 5.25. The second-order valence-electron chi connectivity index (χ2n) is 3.61. The van der Waals surface area contributed by atoms with Gasteiger partial charge in [0.1, 0.15) is 24.2 Å². The van der Waals surface area contributed by atoms with E-state index in [0.29, 0.717) is 11.3 Å². The molecule has 0 bridgehead atoms. The van der Waals surface area contributed by atoms with E-state index in [1.807, 2.05) is 0 Å². The van der Waals surface area contributed by atoms with Crippen molar-refractivity contribution in [2.24, 2.45) is 0 Å². The Hall–Kier alpha value is -2.07. The second-order valence-corrected chi connectivity index (χ2v) is 3.61. The molecule has 0 saturated carbocycles. The zero-order valence-corrected chi connectivity index (χ0v) is 9.15. The van der Waals surface area contributed by atoms with E-state index in [9.17, 15) is 10.2 Å². The maximum absolute atomic E-state index is 9.85. The maximum Gasteiger partial charge on any atom is 0.137 e. The van der Waals surface area contributed by atoms with Gasteiger partial charge < -0.3 is 14.9 Å². The molecular weight excluding hydrogens is 218 g/mol. The van der Waals surface area contributed by atoms with Gasteiger partial charge in [0.05, 0.1) is 6.20 Å². The zero-order chi connectivity index (χ0) is 12.1. The van der Waals surface area contributed by atoms with Crippen LogP contribution in [0.3, 0.4) is 0 Å². The minimum absolute atomic E-state index is 0.120. The number of ether oxygens (including phenoxy) is 1. The van der Waals surface area contributed by atoms with E-state index in [-0.39, 0.29) is 12.4 Å². The highest BCUT2D eigenvalue weighted by molar-refractivity contribution is 5.28. The summed E-state index contributed by atoms with van der Waals surface area (Å²) in [7, 11) is 0. The van der Waals surface area contributed by atoms with Gasteiger partial charge in [0.2, 0.25) is 0 Å². The Morgan fingerprint density at radius 3 is 2.82 bits per heavy atom. The summed E-state index contributed by atoms with van der Waals surface area (Å²) in [4.78, 5) is 3.90. The SMILES string of the molecule is Oc1cccc(C(O)COc2cccnc2)c1. The van der Waals surface area contributed by atoms with Gasteiger partial charge in [-0.3, -0.25) is 4.98 Å². The third-order valence-electron chi connectivity index (χ3n) is 2.30. The molecule has 1 unspecified atom stereocenters. The number of benzene rings is 1. The summed E-state index contributed by atoms with van der Waals surface area (Å²) >= 11 is 0. The van der Waals surface area contributed by atoms with Crippen LogP contribution in [0.5, 0.6) is 11.5 Å². The fraction of sp³-hybridized carbons (Fsp3) is 0.154. The molecule has 0 spiro atoms. The number of hydrogen-bond acceptors (Lipinski definition) is 4. The van der Waals surface area contributed by atoms with Crippen molar-refractivity contribution in [3.05, 3.63) is 54.4 Å². The van der Waals surface area contributed by atoms with Crippen molar-refractivity contribution in [1.82, 2.24) is 4.98 Å². The van der Waals surface area contributed by atoms with Gasteiger partial charge >= 0.3 is 0 Å². The lowest BCUT2D eigenvalue weighted by molar-refractivity contribution is 0.108. The van der Waals surface area contributed by atoms with Crippen LogP contribution in [0.1, 0.15) is 11.7 Å². The maximum atomic E-state index is 9.85. The van der Waals surface area contributed by atoms with Crippen molar-refractivity contribution in [3.63, 3.8) is 0 Å². The van der Waals surface area contributed by atoms with Crippen LogP contribution in [-0.4, -0.2) is 21.8 Å². The standard InChI is InChI=1S/C13H13NO3/c15-11-4-1-3-10(7-11)13(16)9-17-12-5-2-6-14-8-12/h1-8,13,15-16H,9H2. The first-order chi connectivity index (χ1) is 8.25. The van der Waals surface area contributed by atoms with E-state index in [4.69, 9.17) is 4.74 Å². The van der Waals surface area contributed by atoms with Crippen molar-refractivity contribution in [2.75, 3.05) is 6.61 Å². The van der Waals surface area contributed by atoms with Crippen LogP contribution in [-0.2, 0) is 0 Å². The summed E-state index contributed by atoms with van der Waals surface area (Å²) in [5, 5.41) is 19.1. The Bertz CT molecular complexity index is 473. The van der Waals surface area contributed by atoms with Crippen molar-refractivity contribution in [3.8, 4) is 11.5 Å². The highest BCUT2D eigenvalue weighted by Crippen LogP contribution is 2.19. The zero-order valence-electron chi connectivity index (χ0n) is 9.15. The van der Waals surface area contributed by atoms with Gasteiger partial charge in [-0.15, -0.1) is 0 Å². The van der Waals surface area contributed by atoms with Crippen LogP contribution >= 0.6 is 0 Å². The number of hydrogen-bond donors (Lipinski definition) is 2. The number of phenols is 1. The molecule has 4 heteroatoms. The third kappa shape index (κ3) is 3.19. The van der Waals surface area contributed by atoms with Gasteiger partial charge in [-0.1, -0.05) is 12.1 Å². The second kappa shape index (κ2) is 5.32. The number of nitrogens with zero attached hydrogens (tertiary/aromatic N) is 1. The molecule has 0 saturated heterocycles. The van der Waals surface area contributed by atoms with Crippen LogP contribution in [0.25, 0.3) is 0 Å². The van der Waals surface area contributed by atoms with Gasteiger partial charge in [-0.05, 0) is 29.8 Å². The molecule has 0 amide bonds. The molecule has 1 atom stereocenters. The number of aliphatic hydroxyl groups is 1. The molecule has 0 aliphatic carbocycles. The minimum atomic E-state index is -0.776. The minimum Gasteiger partial charge on any atom is -0.508 e.